The van der Waals surface area contributed by atoms with Crippen LogP contribution in [0.4, 0.5) is 0 Å². The standard InChI is InChI=1S/C23H24Cl2N2O.2ClH/c24-19-12-18(13-20(25)14-19)23-7-6-22(28-23)15-26-21-8-10-27(11-9-21)16-17-4-2-1-3-5-17;;/h1-7,12-14,21,26H,8-11,15-16H2;2*1H. The first-order chi connectivity index (χ1) is 13.7. The number of nitrogens with zero attached hydrogens (tertiary/aromatic N) is 1. The van der Waals surface area contributed by atoms with E-state index in [1.807, 2.05) is 24.3 Å². The van der Waals surface area contributed by atoms with Crippen LogP contribution in [0.2, 0.25) is 10.0 Å². The summed E-state index contributed by atoms with van der Waals surface area (Å²) in [4.78, 5) is 2.53. The van der Waals surface area contributed by atoms with Gasteiger partial charge in [0, 0.05) is 28.2 Å². The van der Waals surface area contributed by atoms with Crippen LogP contribution in [0.3, 0.4) is 0 Å². The molecule has 0 unspecified atom stereocenters. The summed E-state index contributed by atoms with van der Waals surface area (Å²) >= 11 is 12.2. The van der Waals surface area contributed by atoms with E-state index in [-0.39, 0.29) is 24.8 Å². The molecule has 0 atom stereocenters. The molecule has 2 aromatic carbocycles. The second kappa shape index (κ2) is 12.0. The third-order valence-corrected chi connectivity index (χ3v) is 5.65. The molecule has 1 aliphatic rings. The molecule has 1 N–H and O–H groups in total. The molecule has 1 aromatic heterocycles. The molecule has 0 spiro atoms. The molecule has 3 nitrogen and oxygen atoms in total. The van der Waals surface area contributed by atoms with Crippen LogP contribution >= 0.6 is 48.0 Å². The van der Waals surface area contributed by atoms with E-state index in [1.165, 1.54) is 5.56 Å². The highest BCUT2D eigenvalue weighted by Gasteiger charge is 2.19. The maximum atomic E-state index is 6.09. The minimum Gasteiger partial charge on any atom is -0.460 e. The van der Waals surface area contributed by atoms with E-state index in [9.17, 15) is 0 Å². The van der Waals surface area contributed by atoms with E-state index >= 15 is 0 Å². The monoisotopic (exact) mass is 486 g/mol. The van der Waals surface area contributed by atoms with Crippen LogP contribution in [0.25, 0.3) is 11.3 Å². The SMILES string of the molecule is Cl.Cl.Clc1cc(Cl)cc(-c2ccc(CNC3CCN(Cc4ccccc4)CC3)o2)c1. The van der Waals surface area contributed by atoms with Crippen molar-refractivity contribution >= 4 is 48.0 Å². The van der Waals surface area contributed by atoms with Crippen molar-refractivity contribution < 1.29 is 4.42 Å². The molecule has 7 heteroatoms. The van der Waals surface area contributed by atoms with Gasteiger partial charge in [-0.1, -0.05) is 53.5 Å². The van der Waals surface area contributed by atoms with Gasteiger partial charge in [0.25, 0.3) is 0 Å². The smallest absolute Gasteiger partial charge is 0.134 e. The summed E-state index contributed by atoms with van der Waals surface area (Å²) < 4.78 is 5.98. The van der Waals surface area contributed by atoms with Gasteiger partial charge < -0.3 is 9.73 Å². The first-order valence-corrected chi connectivity index (χ1v) is 10.5. The van der Waals surface area contributed by atoms with E-state index in [2.05, 4.69) is 40.5 Å². The van der Waals surface area contributed by atoms with Crippen molar-refractivity contribution in [2.45, 2.75) is 32.0 Å². The van der Waals surface area contributed by atoms with Crippen molar-refractivity contribution in [3.63, 3.8) is 0 Å². The Labute approximate surface area is 200 Å². The zero-order valence-electron chi connectivity index (χ0n) is 16.5. The molecule has 0 bridgehead atoms. The lowest BCUT2D eigenvalue weighted by Gasteiger charge is -2.32. The lowest BCUT2D eigenvalue weighted by Crippen LogP contribution is -2.41. The van der Waals surface area contributed by atoms with Gasteiger partial charge in [-0.15, -0.1) is 24.8 Å². The first kappa shape index (κ1) is 25.1. The highest BCUT2D eigenvalue weighted by atomic mass is 35.5. The summed E-state index contributed by atoms with van der Waals surface area (Å²) in [7, 11) is 0. The molecule has 0 radical (unpaired) electrons. The highest BCUT2D eigenvalue weighted by molar-refractivity contribution is 6.35. The second-order valence-electron chi connectivity index (χ2n) is 7.34. The molecule has 1 aliphatic heterocycles. The largest absolute Gasteiger partial charge is 0.460 e. The number of furan rings is 1. The van der Waals surface area contributed by atoms with Gasteiger partial charge in [-0.25, -0.2) is 0 Å². The van der Waals surface area contributed by atoms with Gasteiger partial charge in [-0.3, -0.25) is 4.90 Å². The van der Waals surface area contributed by atoms with Crippen molar-refractivity contribution in [3.8, 4) is 11.3 Å². The minimum atomic E-state index is 0. The highest BCUT2D eigenvalue weighted by Crippen LogP contribution is 2.28. The average molecular weight is 488 g/mol. The van der Waals surface area contributed by atoms with Crippen LogP contribution in [0.5, 0.6) is 0 Å². The number of hydrogen-bond donors (Lipinski definition) is 1. The molecule has 4 rings (SSSR count). The maximum absolute atomic E-state index is 6.09. The molecule has 30 heavy (non-hydrogen) atoms. The Hall–Kier alpha value is -1.20. The van der Waals surface area contributed by atoms with Gasteiger partial charge in [0.2, 0.25) is 0 Å². The van der Waals surface area contributed by atoms with Crippen molar-refractivity contribution in [3.05, 3.63) is 82.0 Å². The third-order valence-electron chi connectivity index (χ3n) is 5.21. The van der Waals surface area contributed by atoms with Gasteiger partial charge in [-0.05, 0) is 61.8 Å². The van der Waals surface area contributed by atoms with Gasteiger partial charge in [0.05, 0.1) is 6.54 Å². The van der Waals surface area contributed by atoms with Crippen molar-refractivity contribution in [2.24, 2.45) is 0 Å². The molecular formula is C23H26Cl4N2O. The topological polar surface area (TPSA) is 28.4 Å². The number of halogens is 4. The van der Waals surface area contributed by atoms with Crippen LogP contribution < -0.4 is 5.32 Å². The first-order valence-electron chi connectivity index (χ1n) is 9.70. The fourth-order valence-corrected chi connectivity index (χ4v) is 4.23. The van der Waals surface area contributed by atoms with Gasteiger partial charge in [-0.2, -0.15) is 0 Å². The third kappa shape index (κ3) is 6.91. The normalized spacial score (nSPS) is 14.7. The molecule has 0 amide bonds. The maximum Gasteiger partial charge on any atom is 0.134 e. The Bertz CT molecular complexity index is 888. The Kier molecular flexibility index (Phi) is 10.0. The van der Waals surface area contributed by atoms with Crippen molar-refractivity contribution in [1.29, 1.82) is 0 Å². The van der Waals surface area contributed by atoms with Crippen LogP contribution in [0.1, 0.15) is 24.2 Å². The van der Waals surface area contributed by atoms with Crippen LogP contribution in [0, 0.1) is 0 Å². The number of nitrogens with one attached hydrogen (secondary N) is 1. The molecule has 0 saturated carbocycles. The molecule has 1 saturated heterocycles. The predicted molar refractivity (Wildman–Crippen MR) is 130 cm³/mol. The number of benzene rings is 2. The van der Waals surface area contributed by atoms with E-state index in [1.54, 1.807) is 6.07 Å². The van der Waals surface area contributed by atoms with Crippen LogP contribution in [-0.4, -0.2) is 24.0 Å². The Balaban J connectivity index is 0.00000160. The summed E-state index contributed by atoms with van der Waals surface area (Å²) in [6.07, 6.45) is 2.31. The average Bonchev–Trinajstić information content (AvgIpc) is 3.17. The van der Waals surface area contributed by atoms with Crippen molar-refractivity contribution in [2.75, 3.05) is 13.1 Å². The molecular weight excluding hydrogens is 462 g/mol. The molecule has 1 fully saturated rings. The van der Waals surface area contributed by atoms with E-state index < -0.39 is 0 Å². The quantitative estimate of drug-likeness (QED) is 0.412. The molecule has 162 valence electrons. The fourth-order valence-electron chi connectivity index (χ4n) is 3.71. The number of likely N-dealkylation sites (tertiary alicyclic amines) is 1. The molecule has 3 aromatic rings. The van der Waals surface area contributed by atoms with E-state index in [4.69, 9.17) is 27.6 Å². The molecule has 0 aliphatic carbocycles. The zero-order valence-corrected chi connectivity index (χ0v) is 19.7. The summed E-state index contributed by atoms with van der Waals surface area (Å²) in [6.45, 7) is 4.02. The summed E-state index contributed by atoms with van der Waals surface area (Å²) in [5.41, 5.74) is 2.29. The zero-order chi connectivity index (χ0) is 19.3. The van der Waals surface area contributed by atoms with Crippen LogP contribution in [-0.2, 0) is 13.1 Å². The van der Waals surface area contributed by atoms with Crippen LogP contribution in [0.15, 0.2) is 65.1 Å². The second-order valence-corrected chi connectivity index (χ2v) is 8.21. The Morgan fingerprint density at radius 2 is 1.57 bits per heavy atom. The van der Waals surface area contributed by atoms with Gasteiger partial charge >= 0.3 is 0 Å². The number of piperidine rings is 1. The summed E-state index contributed by atoms with van der Waals surface area (Å²) in [5.74, 6) is 1.72. The van der Waals surface area contributed by atoms with Gasteiger partial charge in [0.15, 0.2) is 0 Å². The number of hydrogen-bond acceptors (Lipinski definition) is 3. The van der Waals surface area contributed by atoms with E-state index in [0.29, 0.717) is 16.1 Å². The van der Waals surface area contributed by atoms with E-state index in [0.717, 1.165) is 56.1 Å². The fraction of sp³-hybridized carbons (Fsp3) is 0.304. The molecule has 2 heterocycles. The van der Waals surface area contributed by atoms with Gasteiger partial charge in [0.1, 0.15) is 11.5 Å². The number of rotatable bonds is 6. The summed E-state index contributed by atoms with van der Waals surface area (Å²) in [6, 6.07) is 20.7. The van der Waals surface area contributed by atoms with Crippen molar-refractivity contribution in [1.82, 2.24) is 10.2 Å². The Morgan fingerprint density at radius 1 is 0.900 bits per heavy atom. The lowest BCUT2D eigenvalue weighted by atomic mass is 10.0. The predicted octanol–water partition coefficient (Wildman–Crippen LogP) is 6.85. The Morgan fingerprint density at radius 3 is 2.23 bits per heavy atom. The summed E-state index contributed by atoms with van der Waals surface area (Å²) in [5, 5.41) is 4.86. The lowest BCUT2D eigenvalue weighted by molar-refractivity contribution is 0.189. The minimum absolute atomic E-state index is 0.